The second-order valence-corrected chi connectivity index (χ2v) is 6.36. The zero-order chi connectivity index (χ0) is 16.7. The molecule has 0 aliphatic heterocycles. The maximum Gasteiger partial charge on any atom is 0.253 e. The zero-order valence-electron chi connectivity index (χ0n) is 11.4. The Hall–Kier alpha value is -1.08. The van der Waals surface area contributed by atoms with Crippen molar-refractivity contribution in [2.75, 3.05) is 6.67 Å². The number of carbonyl (C=O) groups is 1. The second-order valence-electron chi connectivity index (χ2n) is 4.30. The van der Waals surface area contributed by atoms with Gasteiger partial charge < -0.3 is 15.8 Å². The van der Waals surface area contributed by atoms with E-state index in [1.165, 1.54) is 0 Å². The Labute approximate surface area is 142 Å². The lowest BCUT2D eigenvalue weighted by molar-refractivity contribution is -0.121. The molecule has 2 unspecified atom stereocenters. The van der Waals surface area contributed by atoms with Crippen molar-refractivity contribution in [2.24, 2.45) is 0 Å². The van der Waals surface area contributed by atoms with E-state index < -0.39 is 29.6 Å². The third-order valence-corrected chi connectivity index (χ3v) is 3.88. The van der Waals surface area contributed by atoms with E-state index in [0.29, 0.717) is 10.5 Å². The minimum Gasteiger partial charge on any atom is -0.386 e. The smallest absolute Gasteiger partial charge is 0.253 e. The minimum atomic E-state index is -1.33. The topological polar surface area (TPSA) is 73.2 Å². The molecule has 1 rings (SSSR count). The van der Waals surface area contributed by atoms with Crippen molar-refractivity contribution in [3.8, 4) is 0 Å². The van der Waals surface area contributed by atoms with Gasteiger partial charge in [-0.2, -0.15) is 0 Å². The van der Waals surface area contributed by atoms with Crippen molar-refractivity contribution < 1.29 is 14.3 Å². The van der Waals surface area contributed by atoms with Gasteiger partial charge in [0.05, 0.1) is 11.6 Å². The monoisotopic (exact) mass is 364 g/mol. The molecule has 4 nitrogen and oxygen atoms in total. The number of aliphatic hydroxyl groups excluding tert-OH is 1. The maximum absolute atomic E-state index is 13.0. The third-order valence-electron chi connectivity index (χ3n) is 2.85. The van der Waals surface area contributed by atoms with Gasteiger partial charge in [-0.05, 0) is 11.1 Å². The number of amides is 1. The summed E-state index contributed by atoms with van der Waals surface area (Å²) in [5, 5.41) is 19.4. The summed E-state index contributed by atoms with van der Waals surface area (Å²) in [6, 6.07) is 5.45. The van der Waals surface area contributed by atoms with Crippen LogP contribution >= 0.6 is 35.0 Å². The molecule has 0 aliphatic rings. The molecule has 0 aromatic heterocycles. The fourth-order valence-corrected chi connectivity index (χ4v) is 2.23. The molecule has 0 spiro atoms. The summed E-state index contributed by atoms with van der Waals surface area (Å²) in [5.74, 6) is -0.766. The number of hydrogen-bond acceptors (Lipinski definition) is 4. The molecule has 0 saturated heterocycles. The lowest BCUT2D eigenvalue weighted by Gasteiger charge is -2.22. The van der Waals surface area contributed by atoms with Crippen LogP contribution in [-0.4, -0.2) is 34.1 Å². The van der Waals surface area contributed by atoms with E-state index >= 15 is 0 Å². The fraction of sp³-hybridized carbons (Fsp3) is 0.286. The van der Waals surface area contributed by atoms with Crippen LogP contribution < -0.4 is 5.32 Å². The van der Waals surface area contributed by atoms with Crippen LogP contribution in [0.4, 0.5) is 4.39 Å². The van der Waals surface area contributed by atoms with E-state index in [-0.39, 0.29) is 0 Å². The first-order chi connectivity index (χ1) is 10.4. The molecule has 0 fully saturated rings. The summed E-state index contributed by atoms with van der Waals surface area (Å²) in [4.78, 5) is 10.7. The van der Waals surface area contributed by atoms with Crippen molar-refractivity contribution in [3.05, 3.63) is 42.0 Å². The summed E-state index contributed by atoms with van der Waals surface area (Å²) in [6.07, 6.45) is -1.24. The van der Waals surface area contributed by atoms with E-state index in [1.807, 2.05) is 0 Å². The molecule has 0 saturated carbocycles. The third kappa shape index (κ3) is 5.28. The van der Waals surface area contributed by atoms with Gasteiger partial charge in [0.15, 0.2) is 4.84 Å². The molecular formula is C14H15Cl2FN2O2S. The van der Waals surface area contributed by atoms with Crippen molar-refractivity contribution >= 4 is 51.3 Å². The number of benzene rings is 1. The van der Waals surface area contributed by atoms with Crippen LogP contribution in [0.3, 0.4) is 0 Å². The molecule has 0 radical (unpaired) electrons. The SMILES string of the molecule is C=C(SC=N)c1ccc(C(O)C(CF)NC(=O)C(Cl)Cl)cc1. The van der Waals surface area contributed by atoms with Gasteiger partial charge in [0.25, 0.3) is 5.91 Å². The Morgan fingerprint density at radius 2 is 2.05 bits per heavy atom. The Balaban J connectivity index is 2.82. The normalized spacial score (nSPS) is 13.5. The highest BCUT2D eigenvalue weighted by atomic mass is 35.5. The lowest BCUT2D eigenvalue weighted by atomic mass is 10.0. The van der Waals surface area contributed by atoms with Gasteiger partial charge in [-0.25, -0.2) is 4.39 Å². The molecule has 0 heterocycles. The van der Waals surface area contributed by atoms with E-state index in [2.05, 4.69) is 11.9 Å². The molecule has 1 amide bonds. The van der Waals surface area contributed by atoms with E-state index in [0.717, 1.165) is 22.9 Å². The van der Waals surface area contributed by atoms with Crippen LogP contribution in [0, 0.1) is 5.41 Å². The zero-order valence-corrected chi connectivity index (χ0v) is 13.8. The van der Waals surface area contributed by atoms with Crippen LogP contribution in [0.15, 0.2) is 30.8 Å². The molecular weight excluding hydrogens is 350 g/mol. The van der Waals surface area contributed by atoms with Gasteiger partial charge in [0, 0.05) is 4.91 Å². The summed E-state index contributed by atoms with van der Waals surface area (Å²) in [6.45, 7) is 2.84. The van der Waals surface area contributed by atoms with Gasteiger partial charge >= 0.3 is 0 Å². The van der Waals surface area contributed by atoms with E-state index in [4.69, 9.17) is 28.6 Å². The van der Waals surface area contributed by atoms with E-state index in [1.54, 1.807) is 24.3 Å². The first-order valence-corrected chi connectivity index (χ1v) is 7.93. The second kappa shape index (κ2) is 9.15. The quantitative estimate of drug-likeness (QED) is 0.376. The average molecular weight is 365 g/mol. The molecule has 3 N–H and O–H groups in total. The van der Waals surface area contributed by atoms with Gasteiger partial charge in [-0.1, -0.05) is 65.8 Å². The first kappa shape index (κ1) is 19.0. The number of nitrogens with one attached hydrogen (secondary N) is 2. The molecule has 0 bridgehead atoms. The highest BCUT2D eigenvalue weighted by Crippen LogP contribution is 2.26. The van der Waals surface area contributed by atoms with E-state index in [9.17, 15) is 14.3 Å². The number of aliphatic hydroxyl groups is 1. The van der Waals surface area contributed by atoms with Crippen LogP contribution in [-0.2, 0) is 4.79 Å². The predicted octanol–water partition coefficient (Wildman–Crippen LogP) is 3.29. The van der Waals surface area contributed by atoms with Gasteiger partial charge in [0.2, 0.25) is 0 Å². The molecule has 1 aromatic rings. The fourth-order valence-electron chi connectivity index (χ4n) is 1.69. The number of hydrogen-bond donors (Lipinski definition) is 3. The molecule has 1 aromatic carbocycles. The number of thioether (sulfide) groups is 1. The molecule has 8 heteroatoms. The van der Waals surface area contributed by atoms with Crippen LogP contribution in [0.1, 0.15) is 17.2 Å². The Morgan fingerprint density at radius 1 is 1.45 bits per heavy atom. The number of carbonyl (C=O) groups excluding carboxylic acids is 1. The van der Waals surface area contributed by atoms with Crippen LogP contribution in [0.2, 0.25) is 0 Å². The van der Waals surface area contributed by atoms with Crippen LogP contribution in [0.5, 0.6) is 0 Å². The summed E-state index contributed by atoms with van der Waals surface area (Å²) in [5.41, 5.74) is 2.38. The molecule has 120 valence electrons. The number of rotatable bonds is 8. The van der Waals surface area contributed by atoms with Crippen molar-refractivity contribution in [2.45, 2.75) is 17.0 Å². The maximum atomic E-state index is 13.0. The van der Waals surface area contributed by atoms with Gasteiger partial charge in [-0.15, -0.1) is 0 Å². The van der Waals surface area contributed by atoms with Crippen molar-refractivity contribution in [1.29, 1.82) is 5.41 Å². The predicted molar refractivity (Wildman–Crippen MR) is 90.2 cm³/mol. The highest BCUT2D eigenvalue weighted by molar-refractivity contribution is 8.19. The van der Waals surface area contributed by atoms with Gasteiger partial charge in [-0.3, -0.25) is 4.79 Å². The standard InChI is InChI=1S/C14H15Cl2FN2O2S/c1-8(22-7-18)9-2-4-10(5-3-9)12(20)11(6-17)19-14(21)13(15)16/h2-5,7,11-13,18,20H,1,6H2,(H,19,21). The van der Waals surface area contributed by atoms with Crippen LogP contribution in [0.25, 0.3) is 4.91 Å². The summed E-state index contributed by atoms with van der Waals surface area (Å²) >= 11 is 11.9. The lowest BCUT2D eigenvalue weighted by Crippen LogP contribution is -2.43. The molecule has 0 aliphatic carbocycles. The first-order valence-electron chi connectivity index (χ1n) is 6.18. The molecule has 22 heavy (non-hydrogen) atoms. The summed E-state index contributed by atoms with van der Waals surface area (Å²) in [7, 11) is 0. The largest absolute Gasteiger partial charge is 0.386 e. The summed E-state index contributed by atoms with van der Waals surface area (Å²) < 4.78 is 13.0. The Morgan fingerprint density at radius 3 is 2.50 bits per heavy atom. The minimum absolute atomic E-state index is 0.431. The Kier molecular flexibility index (Phi) is 7.89. The van der Waals surface area contributed by atoms with Crippen molar-refractivity contribution in [3.63, 3.8) is 0 Å². The van der Waals surface area contributed by atoms with Crippen molar-refractivity contribution in [1.82, 2.24) is 5.32 Å². The average Bonchev–Trinajstić information content (AvgIpc) is 2.52. The number of alkyl halides is 3. The molecule has 2 atom stereocenters. The highest BCUT2D eigenvalue weighted by Gasteiger charge is 2.25. The number of halogens is 3. The van der Waals surface area contributed by atoms with Gasteiger partial charge in [0.1, 0.15) is 12.8 Å². The Bertz CT molecular complexity index is 540.